The van der Waals surface area contributed by atoms with Gasteiger partial charge in [-0.3, -0.25) is 9.69 Å². The quantitative estimate of drug-likeness (QED) is 0.708. The van der Waals surface area contributed by atoms with Crippen molar-refractivity contribution in [2.45, 2.75) is 25.8 Å². The third-order valence-electron chi connectivity index (χ3n) is 3.15. The molecule has 1 fully saturated rings. The number of nitrogens with two attached hydrogens (primary N) is 1. The number of ether oxygens (including phenoxy) is 1. The molecule has 0 radical (unpaired) electrons. The van der Waals surface area contributed by atoms with Gasteiger partial charge < -0.3 is 15.4 Å². The average molecular weight is 243 g/mol. The molecule has 100 valence electrons. The highest BCUT2D eigenvalue weighted by atomic mass is 16.5. The molecule has 17 heavy (non-hydrogen) atoms. The summed E-state index contributed by atoms with van der Waals surface area (Å²) in [5.41, 5.74) is 5.81. The second kappa shape index (κ2) is 7.63. The van der Waals surface area contributed by atoms with E-state index in [0.717, 1.165) is 52.2 Å². The second-order valence-corrected chi connectivity index (χ2v) is 4.61. The van der Waals surface area contributed by atoms with Crippen LogP contribution in [0.4, 0.5) is 0 Å². The first-order valence-corrected chi connectivity index (χ1v) is 6.45. The molecule has 5 heteroatoms. The summed E-state index contributed by atoms with van der Waals surface area (Å²) in [5, 5.41) is 0. The van der Waals surface area contributed by atoms with Crippen LogP contribution in [-0.4, -0.2) is 68.2 Å². The molecular weight excluding hydrogens is 218 g/mol. The third-order valence-corrected chi connectivity index (χ3v) is 3.15. The Morgan fingerprint density at radius 3 is 2.71 bits per heavy atom. The smallest absolute Gasteiger partial charge is 0.239 e. The van der Waals surface area contributed by atoms with Gasteiger partial charge in [0.25, 0.3) is 0 Å². The van der Waals surface area contributed by atoms with E-state index < -0.39 is 0 Å². The monoisotopic (exact) mass is 243 g/mol. The van der Waals surface area contributed by atoms with Gasteiger partial charge in [0.15, 0.2) is 0 Å². The van der Waals surface area contributed by atoms with Crippen molar-refractivity contribution in [2.24, 2.45) is 5.73 Å². The summed E-state index contributed by atoms with van der Waals surface area (Å²) in [7, 11) is 1.83. The lowest BCUT2D eigenvalue weighted by molar-refractivity contribution is -0.131. The van der Waals surface area contributed by atoms with Crippen LogP contribution in [0.15, 0.2) is 0 Å². The van der Waals surface area contributed by atoms with E-state index in [9.17, 15) is 4.79 Å². The first-order chi connectivity index (χ1) is 8.15. The fourth-order valence-corrected chi connectivity index (χ4v) is 1.94. The van der Waals surface area contributed by atoms with E-state index in [-0.39, 0.29) is 11.9 Å². The van der Waals surface area contributed by atoms with Gasteiger partial charge in [-0.2, -0.15) is 0 Å². The zero-order valence-corrected chi connectivity index (χ0v) is 11.0. The van der Waals surface area contributed by atoms with Gasteiger partial charge in [0.2, 0.25) is 5.91 Å². The van der Waals surface area contributed by atoms with Crippen LogP contribution >= 0.6 is 0 Å². The molecule has 0 saturated carbocycles. The molecule has 0 aliphatic carbocycles. The minimum absolute atomic E-state index is 0.0557. The molecule has 1 aliphatic rings. The number of amides is 1. The number of rotatable bonds is 6. The highest BCUT2D eigenvalue weighted by Crippen LogP contribution is 2.00. The summed E-state index contributed by atoms with van der Waals surface area (Å²) in [6.07, 6.45) is 1.71. The summed E-state index contributed by atoms with van der Waals surface area (Å²) in [6.45, 7) is 7.22. The zero-order chi connectivity index (χ0) is 12.7. The maximum Gasteiger partial charge on any atom is 0.239 e. The van der Waals surface area contributed by atoms with Crippen molar-refractivity contribution < 1.29 is 9.53 Å². The van der Waals surface area contributed by atoms with E-state index in [1.54, 1.807) is 4.90 Å². The Labute approximate surface area is 104 Å². The number of carbonyl (C=O) groups is 1. The number of hydrogen-bond donors (Lipinski definition) is 1. The van der Waals surface area contributed by atoms with Gasteiger partial charge in [-0.25, -0.2) is 0 Å². The van der Waals surface area contributed by atoms with E-state index >= 15 is 0 Å². The molecule has 1 aliphatic heterocycles. The Morgan fingerprint density at radius 1 is 1.47 bits per heavy atom. The van der Waals surface area contributed by atoms with Crippen molar-refractivity contribution >= 4 is 5.91 Å². The molecule has 2 N–H and O–H groups in total. The summed E-state index contributed by atoms with van der Waals surface area (Å²) in [4.78, 5) is 15.9. The van der Waals surface area contributed by atoms with Crippen molar-refractivity contribution in [3.05, 3.63) is 0 Å². The Kier molecular flexibility index (Phi) is 6.47. The second-order valence-electron chi connectivity index (χ2n) is 4.61. The van der Waals surface area contributed by atoms with Crippen LogP contribution in [0.2, 0.25) is 0 Å². The average Bonchev–Trinajstić information content (AvgIpc) is 2.36. The van der Waals surface area contributed by atoms with Crippen LogP contribution in [0.25, 0.3) is 0 Å². The van der Waals surface area contributed by atoms with E-state index in [1.165, 1.54) is 0 Å². The molecule has 1 rings (SSSR count). The van der Waals surface area contributed by atoms with Crippen LogP contribution in [0.1, 0.15) is 19.8 Å². The highest BCUT2D eigenvalue weighted by molar-refractivity contribution is 5.81. The molecule has 1 heterocycles. The van der Waals surface area contributed by atoms with Gasteiger partial charge in [-0.1, -0.05) is 13.3 Å². The number of morpholine rings is 1. The van der Waals surface area contributed by atoms with Gasteiger partial charge >= 0.3 is 0 Å². The van der Waals surface area contributed by atoms with Crippen LogP contribution in [-0.2, 0) is 9.53 Å². The van der Waals surface area contributed by atoms with E-state index in [1.807, 2.05) is 14.0 Å². The van der Waals surface area contributed by atoms with Crippen molar-refractivity contribution in [3.63, 3.8) is 0 Å². The molecule has 1 amide bonds. The SMILES string of the molecule is CCCC(N)C(=O)N(C)CCN1CCOCC1. The van der Waals surface area contributed by atoms with Gasteiger partial charge in [-0.15, -0.1) is 0 Å². The number of hydrogen-bond acceptors (Lipinski definition) is 4. The minimum atomic E-state index is -0.338. The Hall–Kier alpha value is -0.650. The van der Waals surface area contributed by atoms with Crippen molar-refractivity contribution in [2.75, 3.05) is 46.4 Å². The Balaban J connectivity index is 2.23. The molecule has 1 saturated heterocycles. The molecule has 0 spiro atoms. The fraction of sp³-hybridized carbons (Fsp3) is 0.917. The lowest BCUT2D eigenvalue weighted by atomic mass is 10.1. The molecule has 1 atom stereocenters. The van der Waals surface area contributed by atoms with Gasteiger partial charge in [0, 0.05) is 33.2 Å². The summed E-state index contributed by atoms with van der Waals surface area (Å²) in [6, 6.07) is -0.338. The Bertz CT molecular complexity index is 230. The van der Waals surface area contributed by atoms with Gasteiger partial charge in [-0.05, 0) is 6.42 Å². The van der Waals surface area contributed by atoms with Crippen LogP contribution in [0, 0.1) is 0 Å². The first-order valence-electron chi connectivity index (χ1n) is 6.45. The van der Waals surface area contributed by atoms with Crippen LogP contribution in [0.5, 0.6) is 0 Å². The maximum absolute atomic E-state index is 11.9. The molecule has 0 bridgehead atoms. The van der Waals surface area contributed by atoms with E-state index in [4.69, 9.17) is 10.5 Å². The topological polar surface area (TPSA) is 58.8 Å². The summed E-state index contributed by atoms with van der Waals surface area (Å²) < 4.78 is 5.28. The molecule has 1 unspecified atom stereocenters. The van der Waals surface area contributed by atoms with Gasteiger partial charge in [0.05, 0.1) is 19.3 Å². The van der Waals surface area contributed by atoms with E-state index in [2.05, 4.69) is 4.90 Å². The van der Waals surface area contributed by atoms with Crippen LogP contribution < -0.4 is 5.73 Å². The normalized spacial score (nSPS) is 19.0. The number of carbonyl (C=O) groups excluding carboxylic acids is 1. The maximum atomic E-state index is 11.9. The van der Waals surface area contributed by atoms with Crippen molar-refractivity contribution in [3.8, 4) is 0 Å². The van der Waals surface area contributed by atoms with Crippen molar-refractivity contribution in [1.82, 2.24) is 9.80 Å². The Morgan fingerprint density at radius 2 is 2.12 bits per heavy atom. The largest absolute Gasteiger partial charge is 0.379 e. The molecule has 5 nitrogen and oxygen atoms in total. The minimum Gasteiger partial charge on any atom is -0.379 e. The number of nitrogens with zero attached hydrogens (tertiary/aromatic N) is 2. The van der Waals surface area contributed by atoms with Gasteiger partial charge in [0.1, 0.15) is 0 Å². The lowest BCUT2D eigenvalue weighted by Gasteiger charge is -2.29. The highest BCUT2D eigenvalue weighted by Gasteiger charge is 2.18. The molecule has 0 aromatic heterocycles. The molecular formula is C12H25N3O2. The molecule has 0 aromatic rings. The first kappa shape index (κ1) is 14.4. The predicted molar refractivity (Wildman–Crippen MR) is 67.8 cm³/mol. The van der Waals surface area contributed by atoms with Crippen LogP contribution in [0.3, 0.4) is 0 Å². The standard InChI is InChI=1S/C12H25N3O2/c1-3-4-11(13)12(16)14(2)5-6-15-7-9-17-10-8-15/h11H,3-10,13H2,1-2H3. The number of likely N-dealkylation sites (N-methyl/N-ethyl adjacent to an activating group) is 1. The summed E-state index contributed by atoms with van der Waals surface area (Å²) in [5.74, 6) is 0.0557. The molecule has 0 aromatic carbocycles. The lowest BCUT2D eigenvalue weighted by Crippen LogP contribution is -2.46. The fourth-order valence-electron chi connectivity index (χ4n) is 1.94. The van der Waals surface area contributed by atoms with Crippen molar-refractivity contribution in [1.29, 1.82) is 0 Å². The predicted octanol–water partition coefficient (Wildman–Crippen LogP) is -0.0956. The van der Waals surface area contributed by atoms with E-state index in [0.29, 0.717) is 0 Å². The summed E-state index contributed by atoms with van der Waals surface area (Å²) >= 11 is 0. The zero-order valence-electron chi connectivity index (χ0n) is 11.0. The third kappa shape index (κ3) is 5.02.